The molecular weight excluding hydrogens is 573 g/mol. The summed E-state index contributed by atoms with van der Waals surface area (Å²) >= 11 is 2.20. The van der Waals surface area contributed by atoms with E-state index in [4.69, 9.17) is 9.97 Å². The number of aryl methyl sites for hydroxylation is 1. The molecule has 0 radical (unpaired) electrons. The van der Waals surface area contributed by atoms with Gasteiger partial charge in [0.25, 0.3) is 0 Å². The number of nitrogens with zero attached hydrogens (tertiary/aromatic N) is 2. The predicted octanol–water partition coefficient (Wildman–Crippen LogP) is 11.0. The van der Waals surface area contributed by atoms with Gasteiger partial charge >= 0.3 is 0 Å². The van der Waals surface area contributed by atoms with E-state index in [1.807, 2.05) is 10.8 Å². The van der Waals surface area contributed by atoms with Gasteiger partial charge in [-0.2, -0.15) is 0 Å². The van der Waals surface area contributed by atoms with Gasteiger partial charge in [-0.25, -0.2) is 9.97 Å². The Kier molecular flexibility index (Phi) is 8.45. The van der Waals surface area contributed by atoms with Crippen LogP contribution in [-0.2, 0) is 0 Å². The number of thiophene rings is 1. The van der Waals surface area contributed by atoms with Gasteiger partial charge in [-0.3, -0.25) is 0 Å². The SMILES string of the molecule is Cc1c([Si](C2CCCCC2)(C2CCCCC2)C2CCCCC2)sc2c(-c3cc([Si](C)(C)C)c4ccccc4c3)ncnc12. The van der Waals surface area contributed by atoms with Gasteiger partial charge in [-0.1, -0.05) is 151 Å². The molecule has 0 amide bonds. The van der Waals surface area contributed by atoms with Crippen LogP contribution in [0.1, 0.15) is 102 Å². The summed E-state index contributed by atoms with van der Waals surface area (Å²) < 4.78 is 3.26. The molecule has 3 fully saturated rings. The standard InChI is InChI=1S/C38H52N2SSi2/c1-27-35-37(36(40-26-39-35)29-24-28-16-14-15-23-33(28)34(25-29)42(2,3)4)41-38(27)43(30-17-8-5-9-18-30,31-19-10-6-11-20-31)32-21-12-7-13-22-32/h14-16,23-26,30-32H,5-13,17-22H2,1-4H3. The summed E-state index contributed by atoms with van der Waals surface area (Å²) in [6, 6.07) is 14.0. The second-order valence-corrected chi connectivity index (χ2v) is 26.6. The first-order chi connectivity index (χ1) is 20.9. The maximum Gasteiger partial charge on any atom is 0.116 e. The highest BCUT2D eigenvalue weighted by Gasteiger charge is 2.55. The number of hydrogen-bond donors (Lipinski definition) is 0. The number of benzene rings is 2. The van der Waals surface area contributed by atoms with Gasteiger partial charge in [0, 0.05) is 5.56 Å². The zero-order valence-corrected chi connectivity index (χ0v) is 30.0. The Morgan fingerprint density at radius 1 is 0.698 bits per heavy atom. The molecule has 4 aromatic rings. The van der Waals surface area contributed by atoms with Crippen molar-refractivity contribution in [2.45, 2.75) is 140 Å². The van der Waals surface area contributed by atoms with Gasteiger partial charge in [-0.05, 0) is 50.4 Å². The van der Waals surface area contributed by atoms with Crippen LogP contribution in [0.3, 0.4) is 0 Å². The van der Waals surface area contributed by atoms with E-state index in [1.54, 1.807) is 10.8 Å². The first-order valence-corrected chi connectivity index (χ1v) is 24.2. The normalized spacial score (nSPS) is 20.3. The quantitative estimate of drug-likeness (QED) is 0.199. The summed E-state index contributed by atoms with van der Waals surface area (Å²) in [5.41, 5.74) is 8.22. The van der Waals surface area contributed by atoms with Crippen LogP contribution >= 0.6 is 11.3 Å². The highest BCUT2D eigenvalue weighted by atomic mass is 32.1. The Bertz CT molecular complexity index is 1540. The largest absolute Gasteiger partial charge is 0.235 e. The van der Waals surface area contributed by atoms with Crippen molar-refractivity contribution in [3.05, 3.63) is 48.3 Å². The molecule has 0 unspecified atom stereocenters. The minimum atomic E-state index is -1.85. The fraction of sp³-hybridized carbons (Fsp3) is 0.579. The van der Waals surface area contributed by atoms with Crippen molar-refractivity contribution >= 4 is 58.2 Å². The van der Waals surface area contributed by atoms with E-state index < -0.39 is 16.1 Å². The number of rotatable bonds is 6. The minimum Gasteiger partial charge on any atom is -0.235 e. The highest BCUT2D eigenvalue weighted by Crippen LogP contribution is 2.58. The second-order valence-electron chi connectivity index (χ2n) is 15.4. The average Bonchev–Trinajstić information content (AvgIpc) is 3.38. The van der Waals surface area contributed by atoms with E-state index in [0.717, 1.165) is 16.6 Å². The third-order valence-electron chi connectivity index (χ3n) is 11.9. The molecule has 0 atom stereocenters. The van der Waals surface area contributed by atoms with Crippen LogP contribution in [0, 0.1) is 6.92 Å². The summed E-state index contributed by atoms with van der Waals surface area (Å²) in [4.78, 5) is 10.2. The lowest BCUT2D eigenvalue weighted by atomic mass is 9.98. The average molecular weight is 625 g/mol. The molecule has 2 aromatic carbocycles. The first kappa shape index (κ1) is 29.9. The summed E-state index contributed by atoms with van der Waals surface area (Å²) in [5.74, 6) is 0. The van der Waals surface area contributed by atoms with Crippen LogP contribution < -0.4 is 9.69 Å². The lowest BCUT2D eigenvalue weighted by Gasteiger charge is -2.53. The number of hydrogen-bond acceptors (Lipinski definition) is 3. The maximum absolute atomic E-state index is 5.11. The fourth-order valence-corrected chi connectivity index (χ4v) is 23.1. The molecule has 2 heterocycles. The molecule has 3 aliphatic carbocycles. The molecule has 0 N–H and O–H groups in total. The molecule has 3 aliphatic rings. The maximum atomic E-state index is 5.11. The Labute approximate surface area is 266 Å². The third kappa shape index (κ3) is 5.29. The minimum absolute atomic E-state index is 0.967. The molecule has 2 aromatic heterocycles. The third-order valence-corrected chi connectivity index (χ3v) is 23.3. The van der Waals surface area contributed by atoms with Gasteiger partial charge in [0.05, 0.1) is 24.0 Å². The number of fused-ring (bicyclic) bond motifs is 2. The molecule has 7 rings (SSSR count). The van der Waals surface area contributed by atoms with Gasteiger partial charge in [0.2, 0.25) is 0 Å². The first-order valence-electron chi connectivity index (χ1n) is 17.7. The molecule has 0 saturated heterocycles. The molecule has 5 heteroatoms. The van der Waals surface area contributed by atoms with Crippen LogP contribution in [-0.4, -0.2) is 26.1 Å². The molecule has 0 bridgehead atoms. The Morgan fingerprint density at radius 3 is 1.81 bits per heavy atom. The van der Waals surface area contributed by atoms with E-state index in [-0.39, 0.29) is 0 Å². The van der Waals surface area contributed by atoms with Gasteiger partial charge in [-0.15, -0.1) is 11.3 Å². The molecule has 3 saturated carbocycles. The van der Waals surface area contributed by atoms with Gasteiger partial charge in [0.15, 0.2) is 0 Å². The van der Waals surface area contributed by atoms with Crippen LogP contribution in [0.4, 0.5) is 0 Å². The van der Waals surface area contributed by atoms with Gasteiger partial charge < -0.3 is 0 Å². The Morgan fingerprint density at radius 2 is 1.26 bits per heavy atom. The van der Waals surface area contributed by atoms with Crippen molar-refractivity contribution < 1.29 is 0 Å². The fourth-order valence-electron chi connectivity index (χ4n) is 10.0. The summed E-state index contributed by atoms with van der Waals surface area (Å²) in [7, 11) is -3.41. The molecule has 2 nitrogen and oxygen atoms in total. The summed E-state index contributed by atoms with van der Waals surface area (Å²) in [6.45, 7) is 9.94. The van der Waals surface area contributed by atoms with Crippen LogP contribution in [0.25, 0.3) is 32.2 Å². The molecular formula is C38H52N2SSi2. The summed E-state index contributed by atoms with van der Waals surface area (Å²) in [5, 5.41) is 4.33. The van der Waals surface area contributed by atoms with Crippen molar-refractivity contribution in [2.24, 2.45) is 0 Å². The van der Waals surface area contributed by atoms with Crippen LogP contribution in [0.5, 0.6) is 0 Å². The van der Waals surface area contributed by atoms with E-state index >= 15 is 0 Å². The van der Waals surface area contributed by atoms with E-state index in [0.29, 0.717) is 0 Å². The van der Waals surface area contributed by atoms with Crippen molar-refractivity contribution in [2.75, 3.05) is 0 Å². The smallest absolute Gasteiger partial charge is 0.116 e. The van der Waals surface area contributed by atoms with Crippen molar-refractivity contribution in [1.82, 2.24) is 9.97 Å². The summed E-state index contributed by atoms with van der Waals surface area (Å²) in [6.07, 6.45) is 24.0. The van der Waals surface area contributed by atoms with E-state index in [1.165, 1.54) is 129 Å². The van der Waals surface area contributed by atoms with E-state index in [2.05, 4.69) is 74.3 Å². The monoisotopic (exact) mass is 624 g/mol. The molecule has 43 heavy (non-hydrogen) atoms. The zero-order valence-electron chi connectivity index (χ0n) is 27.2. The van der Waals surface area contributed by atoms with E-state index in [9.17, 15) is 0 Å². The second kappa shape index (κ2) is 12.2. The topological polar surface area (TPSA) is 25.8 Å². The number of aromatic nitrogens is 2. The molecule has 0 spiro atoms. The van der Waals surface area contributed by atoms with Crippen LogP contribution in [0.2, 0.25) is 36.3 Å². The van der Waals surface area contributed by atoms with Crippen LogP contribution in [0.15, 0.2) is 42.7 Å². The molecule has 0 aliphatic heterocycles. The van der Waals surface area contributed by atoms with Gasteiger partial charge in [0.1, 0.15) is 14.4 Å². The highest BCUT2D eigenvalue weighted by molar-refractivity contribution is 7.33. The lowest BCUT2D eigenvalue weighted by Crippen LogP contribution is -2.60. The van der Waals surface area contributed by atoms with Crippen molar-refractivity contribution in [3.8, 4) is 11.3 Å². The lowest BCUT2D eigenvalue weighted by molar-refractivity contribution is 0.421. The van der Waals surface area contributed by atoms with Crippen molar-refractivity contribution in [3.63, 3.8) is 0 Å². The molecule has 228 valence electrons. The van der Waals surface area contributed by atoms with Crippen molar-refractivity contribution in [1.29, 1.82) is 0 Å². The Balaban J connectivity index is 1.47. The zero-order chi connectivity index (χ0) is 29.6. The predicted molar refractivity (Wildman–Crippen MR) is 194 cm³/mol. The Hall–Kier alpha value is -1.83.